The Morgan fingerprint density at radius 1 is 1.20 bits per heavy atom. The van der Waals surface area contributed by atoms with Gasteiger partial charge in [-0.05, 0) is 19.3 Å². The molecule has 1 nitrogen and oxygen atoms in total. The van der Waals surface area contributed by atoms with Crippen molar-refractivity contribution in [1.82, 2.24) is 0 Å². The Labute approximate surface area is 102 Å². The van der Waals surface area contributed by atoms with Crippen molar-refractivity contribution in [3.8, 4) is 0 Å². The second kappa shape index (κ2) is 6.85. The Morgan fingerprint density at radius 2 is 1.80 bits per heavy atom. The zero-order chi connectivity index (χ0) is 11.3. The molecule has 1 fully saturated rings. The van der Waals surface area contributed by atoms with Crippen LogP contribution in [0.25, 0.3) is 0 Å². The van der Waals surface area contributed by atoms with E-state index in [0.29, 0.717) is 17.0 Å². The van der Waals surface area contributed by atoms with E-state index in [-0.39, 0.29) is 5.25 Å². The second-order valence-corrected chi connectivity index (χ2v) is 6.62. The maximum atomic E-state index is 12.3. The highest BCUT2D eigenvalue weighted by molar-refractivity contribution is 8.07. The molecule has 88 valence electrons. The van der Waals surface area contributed by atoms with Gasteiger partial charge in [-0.1, -0.05) is 20.8 Å². The lowest BCUT2D eigenvalue weighted by atomic mass is 9.94. The van der Waals surface area contributed by atoms with E-state index in [9.17, 15) is 4.79 Å². The number of carbonyl (C=O) groups is 1. The number of ketones is 1. The lowest BCUT2D eigenvalue weighted by Gasteiger charge is -2.31. The van der Waals surface area contributed by atoms with E-state index in [1.165, 1.54) is 5.75 Å². The Kier molecular flexibility index (Phi) is 6.13. The highest BCUT2D eigenvalue weighted by atomic mass is 32.2. The van der Waals surface area contributed by atoms with E-state index in [4.69, 9.17) is 0 Å². The van der Waals surface area contributed by atoms with Gasteiger partial charge in [-0.25, -0.2) is 0 Å². The highest BCUT2D eigenvalue weighted by Crippen LogP contribution is 2.35. The Morgan fingerprint density at radius 3 is 2.33 bits per heavy atom. The molecule has 1 aliphatic heterocycles. The van der Waals surface area contributed by atoms with E-state index >= 15 is 0 Å². The average molecular weight is 246 g/mol. The van der Waals surface area contributed by atoms with Gasteiger partial charge >= 0.3 is 0 Å². The molecule has 0 spiro atoms. The van der Waals surface area contributed by atoms with Crippen molar-refractivity contribution < 1.29 is 4.79 Å². The Hall–Kier alpha value is 0.370. The molecule has 0 radical (unpaired) electrons. The van der Waals surface area contributed by atoms with Crippen LogP contribution in [0.2, 0.25) is 0 Å². The first kappa shape index (κ1) is 13.4. The third kappa shape index (κ3) is 3.42. The van der Waals surface area contributed by atoms with Crippen LogP contribution in [-0.4, -0.2) is 27.8 Å². The second-order valence-electron chi connectivity index (χ2n) is 4.02. The van der Waals surface area contributed by atoms with Crippen molar-refractivity contribution >= 4 is 29.3 Å². The van der Waals surface area contributed by atoms with Crippen LogP contribution in [0, 0.1) is 5.92 Å². The van der Waals surface area contributed by atoms with Gasteiger partial charge in [0.05, 0.1) is 5.25 Å². The molecule has 0 aromatic heterocycles. The predicted molar refractivity (Wildman–Crippen MR) is 71.9 cm³/mol. The topological polar surface area (TPSA) is 17.1 Å². The molecule has 0 N–H and O–H groups in total. The smallest absolute Gasteiger partial charge is 0.149 e. The third-order valence-electron chi connectivity index (χ3n) is 3.12. The monoisotopic (exact) mass is 246 g/mol. The summed E-state index contributed by atoms with van der Waals surface area (Å²) in [4.78, 5) is 12.3. The Bertz CT molecular complexity index is 202. The molecule has 1 rings (SSSR count). The summed E-state index contributed by atoms with van der Waals surface area (Å²) < 4.78 is 0. The third-order valence-corrected chi connectivity index (χ3v) is 6.39. The molecule has 1 aliphatic rings. The molecule has 0 aromatic rings. The number of hydrogen-bond acceptors (Lipinski definition) is 3. The first-order valence-electron chi connectivity index (χ1n) is 6.01. The zero-order valence-corrected chi connectivity index (χ0v) is 11.6. The maximum absolute atomic E-state index is 12.3. The van der Waals surface area contributed by atoms with Crippen molar-refractivity contribution in [2.45, 2.75) is 50.5 Å². The molecule has 0 aromatic carbocycles. The number of Topliss-reactive ketones (excluding diaryl/α,β-unsaturated/α-hetero) is 1. The van der Waals surface area contributed by atoms with Gasteiger partial charge in [-0.15, -0.1) is 11.8 Å². The van der Waals surface area contributed by atoms with Crippen molar-refractivity contribution in [2.24, 2.45) is 5.92 Å². The van der Waals surface area contributed by atoms with Crippen LogP contribution in [0.4, 0.5) is 0 Å². The molecular formula is C12H22OS2. The summed E-state index contributed by atoms with van der Waals surface area (Å²) >= 11 is 3.89. The molecule has 1 saturated heterocycles. The molecule has 15 heavy (non-hydrogen) atoms. The van der Waals surface area contributed by atoms with Crippen LogP contribution in [0.15, 0.2) is 0 Å². The number of rotatable bonds is 5. The van der Waals surface area contributed by atoms with Gasteiger partial charge in [-0.2, -0.15) is 11.8 Å². The van der Waals surface area contributed by atoms with Gasteiger partial charge in [0, 0.05) is 22.7 Å². The quantitative estimate of drug-likeness (QED) is 0.737. The summed E-state index contributed by atoms with van der Waals surface area (Å²) in [6.07, 6.45) is 3.15. The fourth-order valence-corrected chi connectivity index (χ4v) is 5.20. The highest BCUT2D eigenvalue weighted by Gasteiger charge is 2.33. The first-order valence-corrected chi connectivity index (χ1v) is 8.11. The maximum Gasteiger partial charge on any atom is 0.149 e. The summed E-state index contributed by atoms with van der Waals surface area (Å²) in [5, 5.41) is 0.843. The SMILES string of the molecule is CCC(CC)C(=O)C1SCCSC1CC. The lowest BCUT2D eigenvalue weighted by molar-refractivity contribution is -0.122. The number of carbonyl (C=O) groups excluding carboxylic acids is 1. The molecule has 2 unspecified atom stereocenters. The van der Waals surface area contributed by atoms with Gasteiger partial charge in [0.1, 0.15) is 5.78 Å². The number of hydrogen-bond donors (Lipinski definition) is 0. The molecule has 2 atom stereocenters. The molecule has 1 heterocycles. The number of thioether (sulfide) groups is 2. The minimum absolute atomic E-state index is 0.277. The van der Waals surface area contributed by atoms with E-state index in [1.807, 2.05) is 23.5 Å². The molecular weight excluding hydrogens is 224 g/mol. The van der Waals surface area contributed by atoms with E-state index in [1.54, 1.807) is 0 Å². The van der Waals surface area contributed by atoms with Crippen LogP contribution in [0.1, 0.15) is 40.0 Å². The van der Waals surface area contributed by atoms with Gasteiger partial charge in [0.2, 0.25) is 0 Å². The summed E-state index contributed by atoms with van der Waals surface area (Å²) in [7, 11) is 0. The minimum Gasteiger partial charge on any atom is -0.298 e. The molecule has 0 bridgehead atoms. The lowest BCUT2D eigenvalue weighted by Crippen LogP contribution is -2.36. The van der Waals surface area contributed by atoms with Crippen molar-refractivity contribution in [3.63, 3.8) is 0 Å². The molecule has 0 aliphatic carbocycles. The van der Waals surface area contributed by atoms with Crippen molar-refractivity contribution in [1.29, 1.82) is 0 Å². The van der Waals surface area contributed by atoms with Crippen molar-refractivity contribution in [3.05, 3.63) is 0 Å². The summed E-state index contributed by atoms with van der Waals surface area (Å²) in [6.45, 7) is 6.47. The van der Waals surface area contributed by atoms with Gasteiger partial charge in [-0.3, -0.25) is 4.79 Å². The first-order chi connectivity index (χ1) is 7.24. The van der Waals surface area contributed by atoms with Crippen LogP contribution in [0.3, 0.4) is 0 Å². The summed E-state index contributed by atoms with van der Waals surface area (Å²) in [5.41, 5.74) is 0. The fraction of sp³-hybridized carbons (Fsp3) is 0.917. The fourth-order valence-electron chi connectivity index (χ4n) is 2.09. The summed E-state index contributed by atoms with van der Waals surface area (Å²) in [5.74, 6) is 3.19. The van der Waals surface area contributed by atoms with E-state index in [2.05, 4.69) is 20.8 Å². The molecule has 0 amide bonds. The Balaban J connectivity index is 2.62. The van der Waals surface area contributed by atoms with Crippen LogP contribution in [0.5, 0.6) is 0 Å². The minimum atomic E-state index is 0.277. The van der Waals surface area contributed by atoms with Crippen LogP contribution in [-0.2, 0) is 4.79 Å². The van der Waals surface area contributed by atoms with E-state index < -0.39 is 0 Å². The van der Waals surface area contributed by atoms with Gasteiger partial charge in [0.25, 0.3) is 0 Å². The largest absolute Gasteiger partial charge is 0.298 e. The van der Waals surface area contributed by atoms with E-state index in [0.717, 1.165) is 25.0 Å². The van der Waals surface area contributed by atoms with Crippen LogP contribution < -0.4 is 0 Å². The van der Waals surface area contributed by atoms with Crippen molar-refractivity contribution in [2.75, 3.05) is 11.5 Å². The predicted octanol–water partition coefficient (Wildman–Crippen LogP) is 3.62. The zero-order valence-electron chi connectivity index (χ0n) is 9.99. The molecule has 0 saturated carbocycles. The van der Waals surface area contributed by atoms with Gasteiger partial charge in [0.15, 0.2) is 0 Å². The van der Waals surface area contributed by atoms with Gasteiger partial charge < -0.3 is 0 Å². The van der Waals surface area contributed by atoms with Crippen LogP contribution >= 0.6 is 23.5 Å². The average Bonchev–Trinajstić information content (AvgIpc) is 2.30. The normalized spacial score (nSPS) is 26.9. The summed E-state index contributed by atoms with van der Waals surface area (Å²) in [6, 6.07) is 0. The molecule has 3 heteroatoms. The standard InChI is InChI=1S/C12H22OS2/c1-4-9(5-2)11(13)12-10(6-3)14-7-8-15-12/h9-10,12H,4-8H2,1-3H3.